The predicted octanol–water partition coefficient (Wildman–Crippen LogP) is 3.19. The normalized spacial score (nSPS) is 32.8. The molecule has 98 valence electrons. The van der Waals surface area contributed by atoms with Crippen LogP contribution in [0.3, 0.4) is 0 Å². The summed E-state index contributed by atoms with van der Waals surface area (Å²) in [5.74, 6) is -0.708. The zero-order valence-corrected chi connectivity index (χ0v) is 10.5. The largest absolute Gasteiger partial charge is 0.377 e. The summed E-state index contributed by atoms with van der Waals surface area (Å²) in [4.78, 5) is 0. The second kappa shape index (κ2) is 3.92. The summed E-state index contributed by atoms with van der Waals surface area (Å²) in [5, 5.41) is 3.05. The Morgan fingerprint density at radius 2 is 1.94 bits per heavy atom. The number of hydrogen-bond acceptors (Lipinski definition) is 2. The number of nitrogens with one attached hydrogen (secondary N) is 1. The van der Waals surface area contributed by atoms with E-state index in [1.807, 2.05) is 0 Å². The minimum absolute atomic E-state index is 0.0130. The van der Waals surface area contributed by atoms with Crippen LogP contribution in [0.4, 0.5) is 14.5 Å². The Bertz CT molecular complexity index is 455. The van der Waals surface area contributed by atoms with Gasteiger partial charge in [0.05, 0.1) is 6.10 Å². The number of para-hydroxylation sites is 1. The first-order chi connectivity index (χ1) is 8.51. The summed E-state index contributed by atoms with van der Waals surface area (Å²) in [6.07, 6.45) is 1.17. The maximum absolute atomic E-state index is 13.6. The minimum atomic E-state index is -0.534. The molecule has 18 heavy (non-hydrogen) atoms. The molecule has 1 heterocycles. The van der Waals surface area contributed by atoms with E-state index in [1.54, 1.807) is 0 Å². The molecule has 1 aromatic rings. The Balaban J connectivity index is 1.85. The molecule has 0 radical (unpaired) electrons. The van der Waals surface area contributed by atoms with Crippen LogP contribution in [0.5, 0.6) is 0 Å². The van der Waals surface area contributed by atoms with Gasteiger partial charge in [0.25, 0.3) is 0 Å². The highest BCUT2D eigenvalue weighted by molar-refractivity contribution is 5.48. The number of ether oxygens (including phenoxy) is 1. The molecule has 0 bridgehead atoms. The van der Waals surface area contributed by atoms with Gasteiger partial charge in [-0.25, -0.2) is 8.78 Å². The molecule has 1 aliphatic heterocycles. The van der Waals surface area contributed by atoms with Crippen LogP contribution in [0.1, 0.15) is 20.3 Å². The molecule has 3 unspecified atom stereocenters. The third-order valence-electron chi connectivity index (χ3n) is 4.36. The van der Waals surface area contributed by atoms with Crippen LogP contribution in [-0.2, 0) is 4.74 Å². The number of benzene rings is 1. The Labute approximate surface area is 105 Å². The predicted molar refractivity (Wildman–Crippen MR) is 65.4 cm³/mol. The highest BCUT2D eigenvalue weighted by Gasteiger charge is 2.59. The summed E-state index contributed by atoms with van der Waals surface area (Å²) in [5.41, 5.74) is -0.100. The summed E-state index contributed by atoms with van der Waals surface area (Å²) >= 11 is 0. The summed E-state index contributed by atoms with van der Waals surface area (Å²) in [7, 11) is 0. The second-order valence-corrected chi connectivity index (χ2v) is 5.78. The van der Waals surface area contributed by atoms with Gasteiger partial charge in [0.1, 0.15) is 17.3 Å². The van der Waals surface area contributed by atoms with Crippen molar-refractivity contribution in [2.45, 2.75) is 32.4 Å². The maximum atomic E-state index is 13.6. The van der Waals surface area contributed by atoms with E-state index in [-0.39, 0.29) is 23.2 Å². The molecule has 0 spiro atoms. The summed E-state index contributed by atoms with van der Waals surface area (Å²) in [6.45, 7) is 4.91. The van der Waals surface area contributed by atoms with Crippen LogP contribution in [0, 0.1) is 23.0 Å². The second-order valence-electron chi connectivity index (χ2n) is 5.78. The standard InChI is InChI=1S/C14H17F2NO/c1-14(2)12(8-6-7-18-13(8)14)17-11-9(15)4-3-5-10(11)16/h3-5,8,12-13,17H,6-7H2,1-2H3. The van der Waals surface area contributed by atoms with Crippen LogP contribution in [0.25, 0.3) is 0 Å². The molecular formula is C14H17F2NO. The van der Waals surface area contributed by atoms with Crippen molar-refractivity contribution in [1.29, 1.82) is 0 Å². The Hall–Kier alpha value is -1.16. The third-order valence-corrected chi connectivity index (χ3v) is 4.36. The molecule has 1 aliphatic carbocycles. The average molecular weight is 253 g/mol. The quantitative estimate of drug-likeness (QED) is 0.874. The molecule has 3 atom stereocenters. The van der Waals surface area contributed by atoms with E-state index in [0.717, 1.165) is 13.0 Å². The number of hydrogen-bond donors (Lipinski definition) is 1. The number of anilines is 1. The molecule has 4 heteroatoms. The smallest absolute Gasteiger partial charge is 0.149 e. The van der Waals surface area contributed by atoms with Crippen molar-refractivity contribution in [3.05, 3.63) is 29.8 Å². The maximum Gasteiger partial charge on any atom is 0.149 e. The van der Waals surface area contributed by atoms with Gasteiger partial charge in [-0.1, -0.05) is 19.9 Å². The van der Waals surface area contributed by atoms with Crippen LogP contribution in [-0.4, -0.2) is 18.8 Å². The Morgan fingerprint density at radius 3 is 2.61 bits per heavy atom. The first-order valence-corrected chi connectivity index (χ1v) is 6.34. The highest BCUT2D eigenvalue weighted by Crippen LogP contribution is 2.53. The average Bonchev–Trinajstić information content (AvgIpc) is 2.75. The van der Waals surface area contributed by atoms with E-state index in [2.05, 4.69) is 19.2 Å². The molecule has 1 aromatic carbocycles. The molecule has 2 aliphatic rings. The molecule has 1 saturated carbocycles. The summed E-state index contributed by atoms with van der Waals surface area (Å²) < 4.78 is 32.9. The van der Waals surface area contributed by atoms with Crippen molar-refractivity contribution in [2.75, 3.05) is 11.9 Å². The van der Waals surface area contributed by atoms with Crippen molar-refractivity contribution < 1.29 is 13.5 Å². The van der Waals surface area contributed by atoms with Gasteiger partial charge in [0.2, 0.25) is 0 Å². The van der Waals surface area contributed by atoms with Gasteiger partial charge in [-0.15, -0.1) is 0 Å². The molecule has 0 amide bonds. The van der Waals surface area contributed by atoms with E-state index < -0.39 is 11.6 Å². The fourth-order valence-electron chi connectivity index (χ4n) is 3.41. The van der Waals surface area contributed by atoms with E-state index in [4.69, 9.17) is 4.74 Å². The Kier molecular flexibility index (Phi) is 2.59. The zero-order chi connectivity index (χ0) is 12.9. The van der Waals surface area contributed by atoms with Crippen LogP contribution in [0.2, 0.25) is 0 Å². The zero-order valence-electron chi connectivity index (χ0n) is 10.5. The number of halogens is 2. The van der Waals surface area contributed by atoms with E-state index in [1.165, 1.54) is 18.2 Å². The fourth-order valence-corrected chi connectivity index (χ4v) is 3.41. The third kappa shape index (κ3) is 1.55. The first-order valence-electron chi connectivity index (χ1n) is 6.34. The lowest BCUT2D eigenvalue weighted by atomic mass is 9.57. The van der Waals surface area contributed by atoms with E-state index in [0.29, 0.717) is 5.92 Å². The summed E-state index contributed by atoms with van der Waals surface area (Å²) in [6, 6.07) is 4.00. The van der Waals surface area contributed by atoms with Crippen molar-refractivity contribution >= 4 is 5.69 Å². The lowest BCUT2D eigenvalue weighted by molar-refractivity contribution is -0.0924. The molecule has 3 rings (SSSR count). The monoisotopic (exact) mass is 253 g/mol. The molecule has 1 N–H and O–H groups in total. The molecule has 2 nitrogen and oxygen atoms in total. The Morgan fingerprint density at radius 1 is 1.28 bits per heavy atom. The number of fused-ring (bicyclic) bond motifs is 1. The SMILES string of the molecule is CC1(C)C(Nc2c(F)cccc2F)C2CCOC21. The van der Waals surface area contributed by atoms with Gasteiger partial charge in [0, 0.05) is 24.0 Å². The van der Waals surface area contributed by atoms with Gasteiger partial charge < -0.3 is 10.1 Å². The van der Waals surface area contributed by atoms with Gasteiger partial charge in [0.15, 0.2) is 0 Å². The highest BCUT2D eigenvalue weighted by atomic mass is 19.1. The minimum Gasteiger partial charge on any atom is -0.377 e. The van der Waals surface area contributed by atoms with Gasteiger partial charge in [-0.3, -0.25) is 0 Å². The van der Waals surface area contributed by atoms with Gasteiger partial charge in [-0.2, -0.15) is 0 Å². The first kappa shape index (κ1) is 11.9. The molecule has 2 fully saturated rings. The van der Waals surface area contributed by atoms with Crippen LogP contribution < -0.4 is 5.32 Å². The van der Waals surface area contributed by atoms with Gasteiger partial charge in [-0.05, 0) is 18.6 Å². The van der Waals surface area contributed by atoms with E-state index in [9.17, 15) is 8.78 Å². The van der Waals surface area contributed by atoms with E-state index >= 15 is 0 Å². The topological polar surface area (TPSA) is 21.3 Å². The van der Waals surface area contributed by atoms with Crippen LogP contribution >= 0.6 is 0 Å². The van der Waals surface area contributed by atoms with Crippen molar-refractivity contribution in [3.8, 4) is 0 Å². The molecular weight excluding hydrogens is 236 g/mol. The fraction of sp³-hybridized carbons (Fsp3) is 0.571. The van der Waals surface area contributed by atoms with Crippen molar-refractivity contribution in [2.24, 2.45) is 11.3 Å². The molecule has 1 saturated heterocycles. The van der Waals surface area contributed by atoms with Gasteiger partial charge >= 0.3 is 0 Å². The van der Waals surface area contributed by atoms with Crippen molar-refractivity contribution in [3.63, 3.8) is 0 Å². The molecule has 0 aromatic heterocycles. The lowest BCUT2D eigenvalue weighted by Crippen LogP contribution is -2.63. The number of rotatable bonds is 2. The van der Waals surface area contributed by atoms with Crippen molar-refractivity contribution in [1.82, 2.24) is 0 Å². The van der Waals surface area contributed by atoms with Crippen LogP contribution in [0.15, 0.2) is 18.2 Å². The lowest BCUT2D eigenvalue weighted by Gasteiger charge is -2.55.